The van der Waals surface area contributed by atoms with Crippen molar-refractivity contribution in [2.45, 2.75) is 71.1 Å². The molecule has 0 N–H and O–H groups in total. The van der Waals surface area contributed by atoms with Crippen LogP contribution in [0.15, 0.2) is 28.8 Å². The van der Waals surface area contributed by atoms with Crippen molar-refractivity contribution in [2.75, 3.05) is 19.6 Å². The van der Waals surface area contributed by atoms with Gasteiger partial charge >= 0.3 is 0 Å². The standard InChI is InChI=1S/C23H32N4O3/c1-16(2)29-21-7-5-4-6-19(21)14-26-12-10-20(15-26)27(17(3)28)13-11-22-24-23(30-25-22)18-8-9-18/h4-7,16,18,20H,8-15H2,1-3H3. The zero-order chi connectivity index (χ0) is 21.1. The molecular weight excluding hydrogens is 380 g/mol. The molecule has 2 aromatic rings. The smallest absolute Gasteiger partial charge is 0.229 e. The number of rotatable bonds is 9. The van der Waals surface area contributed by atoms with Gasteiger partial charge in [0, 0.05) is 57.0 Å². The molecule has 7 nitrogen and oxygen atoms in total. The molecule has 1 aromatic carbocycles. The highest BCUT2D eigenvalue weighted by Gasteiger charge is 2.31. The minimum atomic E-state index is 0.108. The van der Waals surface area contributed by atoms with Gasteiger partial charge in [-0.1, -0.05) is 23.4 Å². The summed E-state index contributed by atoms with van der Waals surface area (Å²) in [7, 11) is 0. The average molecular weight is 413 g/mol. The second-order valence-electron chi connectivity index (χ2n) is 8.74. The first-order valence-electron chi connectivity index (χ1n) is 11.1. The third kappa shape index (κ3) is 5.19. The summed E-state index contributed by atoms with van der Waals surface area (Å²) in [6, 6.07) is 8.44. The fourth-order valence-corrected chi connectivity index (χ4v) is 4.14. The molecule has 0 bridgehead atoms. The highest BCUT2D eigenvalue weighted by Crippen LogP contribution is 2.38. The highest BCUT2D eigenvalue weighted by molar-refractivity contribution is 5.73. The van der Waals surface area contributed by atoms with Crippen LogP contribution in [-0.4, -0.2) is 57.6 Å². The first-order valence-corrected chi connectivity index (χ1v) is 11.1. The van der Waals surface area contributed by atoms with Gasteiger partial charge in [-0.3, -0.25) is 9.69 Å². The number of carbonyl (C=O) groups is 1. The van der Waals surface area contributed by atoms with Crippen molar-refractivity contribution in [1.29, 1.82) is 0 Å². The summed E-state index contributed by atoms with van der Waals surface area (Å²) in [5.41, 5.74) is 1.20. The molecule has 1 aromatic heterocycles. The van der Waals surface area contributed by atoms with E-state index in [1.807, 2.05) is 30.9 Å². The van der Waals surface area contributed by atoms with E-state index in [1.54, 1.807) is 6.92 Å². The summed E-state index contributed by atoms with van der Waals surface area (Å²) in [4.78, 5) is 21.2. The Balaban J connectivity index is 1.33. The van der Waals surface area contributed by atoms with Gasteiger partial charge in [0.1, 0.15) is 5.75 Å². The maximum atomic E-state index is 12.3. The Hall–Kier alpha value is -2.41. The number of carbonyl (C=O) groups excluding carboxylic acids is 1. The number of amides is 1. The monoisotopic (exact) mass is 412 g/mol. The van der Waals surface area contributed by atoms with Gasteiger partial charge in [-0.25, -0.2) is 0 Å². The van der Waals surface area contributed by atoms with Crippen LogP contribution in [0.25, 0.3) is 0 Å². The lowest BCUT2D eigenvalue weighted by Gasteiger charge is -2.28. The first-order chi connectivity index (χ1) is 14.5. The van der Waals surface area contributed by atoms with Crippen molar-refractivity contribution in [1.82, 2.24) is 19.9 Å². The van der Waals surface area contributed by atoms with Gasteiger partial charge in [-0.2, -0.15) is 4.98 Å². The van der Waals surface area contributed by atoms with Gasteiger partial charge in [0.15, 0.2) is 5.82 Å². The summed E-state index contributed by atoms with van der Waals surface area (Å²) in [6.07, 6.45) is 4.05. The Kier molecular flexibility index (Phi) is 6.37. The number of hydrogen-bond acceptors (Lipinski definition) is 6. The van der Waals surface area contributed by atoms with Gasteiger partial charge in [0.05, 0.1) is 6.10 Å². The van der Waals surface area contributed by atoms with E-state index in [0.29, 0.717) is 24.7 Å². The van der Waals surface area contributed by atoms with Crippen LogP contribution >= 0.6 is 0 Å². The van der Waals surface area contributed by atoms with E-state index in [-0.39, 0.29) is 18.1 Å². The Labute approximate surface area is 178 Å². The van der Waals surface area contributed by atoms with Gasteiger partial charge in [-0.15, -0.1) is 0 Å². The van der Waals surface area contributed by atoms with Crippen molar-refractivity contribution in [3.05, 3.63) is 41.5 Å². The zero-order valence-electron chi connectivity index (χ0n) is 18.2. The van der Waals surface area contributed by atoms with E-state index in [4.69, 9.17) is 9.26 Å². The largest absolute Gasteiger partial charge is 0.491 e. The molecule has 2 fully saturated rings. The van der Waals surface area contributed by atoms with Crippen LogP contribution in [-0.2, 0) is 17.8 Å². The zero-order valence-corrected chi connectivity index (χ0v) is 18.2. The molecule has 30 heavy (non-hydrogen) atoms. The molecule has 1 amide bonds. The Morgan fingerprint density at radius 2 is 2.10 bits per heavy atom. The summed E-state index contributed by atoms with van der Waals surface area (Å²) >= 11 is 0. The van der Waals surface area contributed by atoms with E-state index >= 15 is 0 Å². The molecule has 0 radical (unpaired) electrons. The second kappa shape index (κ2) is 9.16. The number of ether oxygens (including phenoxy) is 1. The summed E-state index contributed by atoms with van der Waals surface area (Å²) in [6.45, 7) is 9.05. The average Bonchev–Trinajstić information content (AvgIpc) is 3.27. The minimum Gasteiger partial charge on any atom is -0.491 e. The number of benzene rings is 1. The molecule has 1 saturated heterocycles. The lowest BCUT2D eigenvalue weighted by atomic mass is 10.2. The van der Waals surface area contributed by atoms with Crippen LogP contribution in [0.4, 0.5) is 0 Å². The molecule has 1 aliphatic carbocycles. The number of aromatic nitrogens is 2. The van der Waals surface area contributed by atoms with Crippen molar-refractivity contribution < 1.29 is 14.1 Å². The number of hydrogen-bond donors (Lipinski definition) is 0. The van der Waals surface area contributed by atoms with Crippen LogP contribution in [0.3, 0.4) is 0 Å². The molecule has 1 atom stereocenters. The Morgan fingerprint density at radius 1 is 1.30 bits per heavy atom. The van der Waals surface area contributed by atoms with Crippen molar-refractivity contribution in [3.8, 4) is 5.75 Å². The van der Waals surface area contributed by atoms with Gasteiger partial charge in [0.25, 0.3) is 0 Å². The Bertz CT molecular complexity index is 862. The molecule has 2 heterocycles. The minimum absolute atomic E-state index is 0.108. The van der Waals surface area contributed by atoms with Crippen molar-refractivity contribution in [3.63, 3.8) is 0 Å². The van der Waals surface area contributed by atoms with E-state index < -0.39 is 0 Å². The summed E-state index contributed by atoms with van der Waals surface area (Å²) in [5, 5.41) is 4.09. The predicted octanol–water partition coefficient (Wildman–Crippen LogP) is 3.40. The highest BCUT2D eigenvalue weighted by atomic mass is 16.5. The third-order valence-corrected chi connectivity index (χ3v) is 5.81. The van der Waals surface area contributed by atoms with Gasteiger partial charge in [-0.05, 0) is 39.2 Å². The summed E-state index contributed by atoms with van der Waals surface area (Å²) in [5.74, 6) is 2.98. The molecule has 7 heteroatoms. The van der Waals surface area contributed by atoms with Gasteiger partial charge < -0.3 is 14.2 Å². The lowest BCUT2D eigenvalue weighted by molar-refractivity contribution is -0.130. The van der Waals surface area contributed by atoms with Crippen molar-refractivity contribution in [2.24, 2.45) is 0 Å². The molecule has 2 aliphatic rings. The van der Waals surface area contributed by atoms with E-state index in [0.717, 1.165) is 50.5 Å². The second-order valence-corrected chi connectivity index (χ2v) is 8.74. The molecule has 4 rings (SSSR count). The topological polar surface area (TPSA) is 71.7 Å². The first kappa shape index (κ1) is 20.8. The fourth-order valence-electron chi connectivity index (χ4n) is 4.14. The molecular formula is C23H32N4O3. The molecule has 162 valence electrons. The lowest BCUT2D eigenvalue weighted by Crippen LogP contribution is -2.42. The third-order valence-electron chi connectivity index (χ3n) is 5.81. The fraction of sp³-hybridized carbons (Fsp3) is 0.609. The van der Waals surface area contributed by atoms with E-state index in [2.05, 4.69) is 27.2 Å². The van der Waals surface area contributed by atoms with Gasteiger partial charge in [0.2, 0.25) is 11.8 Å². The quantitative estimate of drug-likeness (QED) is 0.629. The van der Waals surface area contributed by atoms with E-state index in [9.17, 15) is 4.79 Å². The molecule has 1 saturated carbocycles. The van der Waals surface area contributed by atoms with Crippen molar-refractivity contribution >= 4 is 5.91 Å². The Morgan fingerprint density at radius 3 is 2.83 bits per heavy atom. The molecule has 1 unspecified atom stereocenters. The number of nitrogens with zero attached hydrogens (tertiary/aromatic N) is 4. The van der Waals surface area contributed by atoms with Crippen LogP contribution in [0, 0.1) is 0 Å². The van der Waals surface area contributed by atoms with Crippen LogP contribution in [0.2, 0.25) is 0 Å². The predicted molar refractivity (Wildman–Crippen MR) is 113 cm³/mol. The maximum absolute atomic E-state index is 12.3. The normalized spacial score (nSPS) is 19.4. The number of para-hydroxylation sites is 1. The van der Waals surface area contributed by atoms with E-state index in [1.165, 1.54) is 5.56 Å². The number of likely N-dealkylation sites (tertiary alicyclic amines) is 1. The van der Waals surface area contributed by atoms with Crippen LogP contribution < -0.4 is 4.74 Å². The van der Waals surface area contributed by atoms with Crippen LogP contribution in [0.1, 0.15) is 63.2 Å². The maximum Gasteiger partial charge on any atom is 0.229 e. The summed E-state index contributed by atoms with van der Waals surface area (Å²) < 4.78 is 11.3. The van der Waals surface area contributed by atoms with Crippen LogP contribution in [0.5, 0.6) is 5.75 Å². The SMILES string of the molecule is CC(=O)N(CCc1noc(C2CC2)n1)C1CCN(Cc2ccccc2OC(C)C)C1. The molecule has 1 aliphatic heterocycles. The molecule has 0 spiro atoms.